The highest BCUT2D eigenvalue weighted by Crippen LogP contribution is 2.34. The minimum Gasteiger partial charge on any atom is -0.493 e. The summed E-state index contributed by atoms with van der Waals surface area (Å²) in [5, 5.41) is 4.19. The normalized spacial score (nSPS) is 11.3. The van der Waals surface area contributed by atoms with Crippen molar-refractivity contribution in [1.29, 1.82) is 0 Å². The Labute approximate surface area is 176 Å². The zero-order valence-corrected chi connectivity index (χ0v) is 17.6. The summed E-state index contributed by atoms with van der Waals surface area (Å²) >= 11 is 0. The summed E-state index contributed by atoms with van der Waals surface area (Å²) in [5.41, 5.74) is 5.28. The van der Waals surface area contributed by atoms with Crippen LogP contribution in [0.25, 0.3) is 16.9 Å². The van der Waals surface area contributed by atoms with Gasteiger partial charge in [0.25, 0.3) is 0 Å². The van der Waals surface area contributed by atoms with Crippen molar-refractivity contribution in [2.75, 3.05) is 20.8 Å². The van der Waals surface area contributed by atoms with Crippen molar-refractivity contribution in [1.82, 2.24) is 4.57 Å². The molecule has 156 valence electrons. The van der Waals surface area contributed by atoms with Crippen LogP contribution in [-0.4, -0.2) is 31.1 Å². The molecule has 0 aliphatic rings. The Bertz CT molecular complexity index is 1070. The molecule has 0 saturated carbocycles. The number of benzene rings is 2. The molecule has 0 saturated heterocycles. The van der Waals surface area contributed by atoms with Crippen molar-refractivity contribution in [2.45, 2.75) is 13.8 Å². The van der Waals surface area contributed by atoms with Gasteiger partial charge in [-0.1, -0.05) is 17.8 Å². The van der Waals surface area contributed by atoms with E-state index in [1.54, 1.807) is 32.4 Å². The number of oxime groups is 1. The predicted molar refractivity (Wildman–Crippen MR) is 117 cm³/mol. The summed E-state index contributed by atoms with van der Waals surface area (Å²) in [6.45, 7) is 7.86. The summed E-state index contributed by atoms with van der Waals surface area (Å²) in [6, 6.07) is 14.1. The molecule has 6 heteroatoms. The first-order valence-electron chi connectivity index (χ1n) is 9.48. The molecule has 0 spiro atoms. The predicted octanol–water partition coefficient (Wildman–Crippen LogP) is 5.54. The van der Waals surface area contributed by atoms with Crippen LogP contribution in [0.5, 0.6) is 11.5 Å². The number of rotatable bonds is 8. The molecule has 1 aromatic heterocycles. The minimum atomic E-state index is -0.282. The molecule has 0 aliphatic heterocycles. The van der Waals surface area contributed by atoms with Gasteiger partial charge in [0.1, 0.15) is 12.4 Å². The van der Waals surface area contributed by atoms with Gasteiger partial charge in [0.05, 0.1) is 25.6 Å². The molecule has 0 atom stereocenters. The van der Waals surface area contributed by atoms with Crippen LogP contribution in [0.2, 0.25) is 0 Å². The summed E-state index contributed by atoms with van der Waals surface area (Å²) in [6.07, 6.45) is 1.64. The Morgan fingerprint density at radius 1 is 1.07 bits per heavy atom. The molecule has 30 heavy (non-hydrogen) atoms. The smallest absolute Gasteiger partial charge is 0.162 e. The average Bonchev–Trinajstić information content (AvgIpc) is 3.11. The first-order chi connectivity index (χ1) is 14.5. The van der Waals surface area contributed by atoms with E-state index in [1.807, 2.05) is 38.1 Å². The van der Waals surface area contributed by atoms with Crippen LogP contribution in [0, 0.1) is 12.7 Å². The number of ether oxygens (including phenoxy) is 2. The fourth-order valence-electron chi connectivity index (χ4n) is 3.34. The lowest BCUT2D eigenvalue weighted by molar-refractivity contribution is 0.175. The number of hydrogen-bond acceptors (Lipinski definition) is 4. The third-order valence-corrected chi connectivity index (χ3v) is 4.80. The maximum atomic E-state index is 13.5. The van der Waals surface area contributed by atoms with Crippen molar-refractivity contribution in [2.24, 2.45) is 5.16 Å². The van der Waals surface area contributed by atoms with Crippen LogP contribution in [0.15, 0.2) is 66.3 Å². The molecule has 0 aliphatic carbocycles. The Kier molecular flexibility index (Phi) is 6.57. The maximum absolute atomic E-state index is 13.5. The Balaban J connectivity index is 2.20. The van der Waals surface area contributed by atoms with Crippen molar-refractivity contribution >= 4 is 5.71 Å². The second kappa shape index (κ2) is 9.31. The molecular formula is C24H25FN2O3. The molecular weight excluding hydrogens is 383 g/mol. The lowest BCUT2D eigenvalue weighted by atomic mass is 10.1. The highest BCUT2D eigenvalue weighted by molar-refractivity contribution is 6.01. The molecule has 3 rings (SSSR count). The van der Waals surface area contributed by atoms with Crippen LogP contribution < -0.4 is 9.47 Å². The number of halogens is 1. The third-order valence-electron chi connectivity index (χ3n) is 4.80. The highest BCUT2D eigenvalue weighted by Gasteiger charge is 2.18. The summed E-state index contributed by atoms with van der Waals surface area (Å²) in [5.74, 6) is 0.982. The molecule has 5 nitrogen and oxygen atoms in total. The summed E-state index contributed by atoms with van der Waals surface area (Å²) in [4.78, 5) is 5.27. The van der Waals surface area contributed by atoms with E-state index in [1.165, 1.54) is 12.1 Å². The number of methoxy groups -OCH3 is 2. The van der Waals surface area contributed by atoms with Gasteiger partial charge in [-0.2, -0.15) is 0 Å². The standard InChI is InChI=1S/C24H25FN2O3/c1-6-13-30-26-16(2)21-15-22(18-7-9-19(25)10-8-18)27(17(21)3)20-11-12-23(28-4)24(14-20)29-5/h6-12,14-15H,1,13H2,2-5H3/b26-16-. The second-order valence-electron chi connectivity index (χ2n) is 6.67. The van der Waals surface area contributed by atoms with E-state index in [9.17, 15) is 4.39 Å². The van der Waals surface area contributed by atoms with Gasteiger partial charge in [0.2, 0.25) is 0 Å². The van der Waals surface area contributed by atoms with Gasteiger partial charge >= 0.3 is 0 Å². The van der Waals surface area contributed by atoms with Gasteiger partial charge in [-0.05, 0) is 61.9 Å². The summed E-state index contributed by atoms with van der Waals surface area (Å²) < 4.78 is 26.4. The van der Waals surface area contributed by atoms with E-state index in [2.05, 4.69) is 16.3 Å². The lowest BCUT2D eigenvalue weighted by Crippen LogP contribution is -2.03. The Hall–Kier alpha value is -3.54. The molecule has 0 amide bonds. The lowest BCUT2D eigenvalue weighted by Gasteiger charge is -2.15. The van der Waals surface area contributed by atoms with E-state index in [0.29, 0.717) is 18.1 Å². The largest absolute Gasteiger partial charge is 0.493 e. The first kappa shape index (κ1) is 21.2. The van der Waals surface area contributed by atoms with Crippen LogP contribution in [-0.2, 0) is 4.84 Å². The topological polar surface area (TPSA) is 45.0 Å². The van der Waals surface area contributed by atoms with E-state index in [-0.39, 0.29) is 5.82 Å². The quantitative estimate of drug-likeness (QED) is 0.213. The number of aromatic nitrogens is 1. The Morgan fingerprint density at radius 2 is 1.77 bits per heavy atom. The van der Waals surface area contributed by atoms with Gasteiger partial charge in [-0.15, -0.1) is 0 Å². The van der Waals surface area contributed by atoms with E-state index >= 15 is 0 Å². The van der Waals surface area contributed by atoms with Gasteiger partial charge in [0.15, 0.2) is 11.5 Å². The minimum absolute atomic E-state index is 0.282. The van der Waals surface area contributed by atoms with Crippen LogP contribution >= 0.6 is 0 Å². The zero-order chi connectivity index (χ0) is 21.7. The van der Waals surface area contributed by atoms with Crippen molar-refractivity contribution in [3.8, 4) is 28.4 Å². The van der Waals surface area contributed by atoms with Gasteiger partial charge in [0, 0.05) is 23.0 Å². The highest BCUT2D eigenvalue weighted by atomic mass is 19.1. The molecule has 0 fully saturated rings. The molecule has 0 N–H and O–H groups in total. The van der Waals surface area contributed by atoms with E-state index in [4.69, 9.17) is 14.3 Å². The van der Waals surface area contributed by atoms with Crippen molar-refractivity contribution in [3.63, 3.8) is 0 Å². The average molecular weight is 408 g/mol. The number of nitrogens with zero attached hydrogens (tertiary/aromatic N) is 2. The molecule has 2 aromatic carbocycles. The summed E-state index contributed by atoms with van der Waals surface area (Å²) in [7, 11) is 3.20. The van der Waals surface area contributed by atoms with Crippen LogP contribution in [0.1, 0.15) is 18.2 Å². The molecule has 0 bridgehead atoms. The van der Waals surface area contributed by atoms with E-state index < -0.39 is 0 Å². The van der Waals surface area contributed by atoms with Crippen molar-refractivity contribution < 1.29 is 18.7 Å². The van der Waals surface area contributed by atoms with Gasteiger partial charge < -0.3 is 18.9 Å². The molecule has 3 aromatic rings. The Morgan fingerprint density at radius 3 is 2.40 bits per heavy atom. The fourth-order valence-corrected chi connectivity index (χ4v) is 3.34. The van der Waals surface area contributed by atoms with Crippen LogP contribution in [0.4, 0.5) is 4.39 Å². The molecule has 1 heterocycles. The second-order valence-corrected chi connectivity index (χ2v) is 6.67. The SMILES string of the molecule is C=CCO/N=C(/C)c1cc(-c2ccc(F)cc2)n(-c2ccc(OC)c(OC)c2)c1C. The third kappa shape index (κ3) is 4.22. The molecule has 0 radical (unpaired) electrons. The zero-order valence-electron chi connectivity index (χ0n) is 17.6. The first-order valence-corrected chi connectivity index (χ1v) is 9.48. The maximum Gasteiger partial charge on any atom is 0.162 e. The van der Waals surface area contributed by atoms with Crippen molar-refractivity contribution in [3.05, 3.63) is 78.3 Å². The number of hydrogen-bond donors (Lipinski definition) is 0. The fraction of sp³-hybridized carbons (Fsp3) is 0.208. The van der Waals surface area contributed by atoms with Crippen LogP contribution in [0.3, 0.4) is 0 Å². The van der Waals surface area contributed by atoms with E-state index in [0.717, 1.165) is 33.9 Å². The monoisotopic (exact) mass is 408 g/mol. The van der Waals surface area contributed by atoms with Gasteiger partial charge in [-0.3, -0.25) is 0 Å². The van der Waals surface area contributed by atoms with Gasteiger partial charge in [-0.25, -0.2) is 4.39 Å². The molecule has 0 unspecified atom stereocenters.